The number of nitrogens with one attached hydrogen (secondary N) is 1. The van der Waals surface area contributed by atoms with Crippen molar-refractivity contribution in [1.82, 2.24) is 5.32 Å². The minimum atomic E-state index is -0.0259. The lowest BCUT2D eigenvalue weighted by Crippen LogP contribution is -2.41. The molecule has 0 amide bonds. The molecule has 11 heavy (non-hydrogen) atoms. The Bertz CT molecular complexity index is 130. The van der Waals surface area contributed by atoms with Gasteiger partial charge in [-0.2, -0.15) is 0 Å². The SMILES string of the molecule is CCCNC(C)(C)CC(C)=O. The highest BCUT2D eigenvalue weighted by molar-refractivity contribution is 5.76. The van der Waals surface area contributed by atoms with E-state index in [0.29, 0.717) is 6.42 Å². The van der Waals surface area contributed by atoms with Crippen molar-refractivity contribution in [3.8, 4) is 0 Å². The maximum absolute atomic E-state index is 10.8. The van der Waals surface area contributed by atoms with Gasteiger partial charge in [-0.15, -0.1) is 0 Å². The maximum atomic E-state index is 10.8. The number of Topliss-reactive ketones (excluding diaryl/α,β-unsaturated/α-hetero) is 1. The second-order valence-electron chi connectivity index (χ2n) is 3.69. The minimum absolute atomic E-state index is 0.0259. The van der Waals surface area contributed by atoms with Crippen LogP contribution in [-0.4, -0.2) is 17.9 Å². The van der Waals surface area contributed by atoms with Crippen LogP contribution in [0.5, 0.6) is 0 Å². The molecule has 2 nitrogen and oxygen atoms in total. The number of hydrogen-bond acceptors (Lipinski definition) is 2. The summed E-state index contributed by atoms with van der Waals surface area (Å²) >= 11 is 0. The van der Waals surface area contributed by atoms with Crippen LogP contribution in [-0.2, 0) is 4.79 Å². The quantitative estimate of drug-likeness (QED) is 0.658. The molecule has 0 fully saturated rings. The molecule has 0 aliphatic carbocycles. The highest BCUT2D eigenvalue weighted by atomic mass is 16.1. The van der Waals surface area contributed by atoms with Gasteiger partial charge in [-0.1, -0.05) is 6.92 Å². The van der Waals surface area contributed by atoms with E-state index in [2.05, 4.69) is 26.1 Å². The van der Waals surface area contributed by atoms with E-state index in [4.69, 9.17) is 0 Å². The summed E-state index contributed by atoms with van der Waals surface area (Å²) in [7, 11) is 0. The molecule has 0 saturated heterocycles. The molecule has 0 spiro atoms. The Morgan fingerprint density at radius 1 is 1.45 bits per heavy atom. The van der Waals surface area contributed by atoms with E-state index in [9.17, 15) is 4.79 Å². The molecule has 0 atom stereocenters. The van der Waals surface area contributed by atoms with Gasteiger partial charge in [-0.3, -0.25) is 4.79 Å². The smallest absolute Gasteiger partial charge is 0.131 e. The van der Waals surface area contributed by atoms with Gasteiger partial charge in [0.15, 0.2) is 0 Å². The summed E-state index contributed by atoms with van der Waals surface area (Å²) in [5.41, 5.74) is -0.0259. The second kappa shape index (κ2) is 4.50. The topological polar surface area (TPSA) is 29.1 Å². The molecule has 0 saturated carbocycles. The first-order chi connectivity index (χ1) is 4.98. The van der Waals surface area contributed by atoms with E-state index in [-0.39, 0.29) is 11.3 Å². The Kier molecular flexibility index (Phi) is 4.34. The Labute approximate surface area is 69.4 Å². The van der Waals surface area contributed by atoms with Gasteiger partial charge < -0.3 is 5.32 Å². The minimum Gasteiger partial charge on any atom is -0.311 e. The van der Waals surface area contributed by atoms with Gasteiger partial charge in [0.1, 0.15) is 5.78 Å². The lowest BCUT2D eigenvalue weighted by Gasteiger charge is -2.24. The van der Waals surface area contributed by atoms with Gasteiger partial charge in [0.05, 0.1) is 0 Å². The van der Waals surface area contributed by atoms with E-state index < -0.39 is 0 Å². The van der Waals surface area contributed by atoms with Crippen molar-refractivity contribution in [2.75, 3.05) is 6.54 Å². The lowest BCUT2D eigenvalue weighted by atomic mass is 9.98. The van der Waals surface area contributed by atoms with E-state index >= 15 is 0 Å². The van der Waals surface area contributed by atoms with Crippen LogP contribution < -0.4 is 5.32 Å². The zero-order valence-electron chi connectivity index (χ0n) is 8.03. The van der Waals surface area contributed by atoms with E-state index in [1.54, 1.807) is 6.92 Å². The normalized spacial score (nSPS) is 11.6. The van der Waals surface area contributed by atoms with Gasteiger partial charge in [-0.05, 0) is 33.7 Å². The molecule has 0 radical (unpaired) electrons. The molecule has 0 rings (SSSR count). The molecule has 66 valence electrons. The molecule has 0 aromatic rings. The van der Waals surface area contributed by atoms with E-state index in [1.807, 2.05) is 0 Å². The lowest BCUT2D eigenvalue weighted by molar-refractivity contribution is -0.118. The third-order valence-electron chi connectivity index (χ3n) is 1.54. The number of carbonyl (C=O) groups is 1. The van der Waals surface area contributed by atoms with Crippen LogP contribution in [0.4, 0.5) is 0 Å². The monoisotopic (exact) mass is 157 g/mol. The fraction of sp³-hybridized carbons (Fsp3) is 0.889. The van der Waals surface area contributed by atoms with Crippen LogP contribution in [0.1, 0.15) is 40.5 Å². The molecule has 0 heterocycles. The predicted molar refractivity (Wildman–Crippen MR) is 47.7 cm³/mol. The van der Waals surface area contributed by atoms with Crippen LogP contribution in [0.2, 0.25) is 0 Å². The summed E-state index contributed by atoms with van der Waals surface area (Å²) in [6, 6.07) is 0. The van der Waals surface area contributed by atoms with Crippen molar-refractivity contribution in [3.05, 3.63) is 0 Å². The fourth-order valence-corrected chi connectivity index (χ4v) is 1.15. The van der Waals surface area contributed by atoms with Gasteiger partial charge >= 0.3 is 0 Å². The van der Waals surface area contributed by atoms with Crippen LogP contribution >= 0.6 is 0 Å². The molecular formula is C9H19NO. The largest absolute Gasteiger partial charge is 0.311 e. The fourth-order valence-electron chi connectivity index (χ4n) is 1.15. The first-order valence-electron chi connectivity index (χ1n) is 4.22. The molecule has 0 aliphatic heterocycles. The Morgan fingerprint density at radius 2 is 2.00 bits per heavy atom. The number of hydrogen-bond donors (Lipinski definition) is 1. The summed E-state index contributed by atoms with van der Waals surface area (Å²) in [5, 5.41) is 3.32. The molecule has 0 aliphatic rings. The average molecular weight is 157 g/mol. The molecular weight excluding hydrogens is 138 g/mol. The first-order valence-corrected chi connectivity index (χ1v) is 4.22. The third-order valence-corrected chi connectivity index (χ3v) is 1.54. The molecule has 0 bridgehead atoms. The van der Waals surface area contributed by atoms with Gasteiger partial charge in [0.25, 0.3) is 0 Å². The Morgan fingerprint density at radius 3 is 2.36 bits per heavy atom. The summed E-state index contributed by atoms with van der Waals surface area (Å²) in [6.07, 6.45) is 1.73. The molecule has 0 aromatic heterocycles. The van der Waals surface area contributed by atoms with Crippen LogP contribution in [0.25, 0.3) is 0 Å². The van der Waals surface area contributed by atoms with Gasteiger partial charge in [-0.25, -0.2) is 0 Å². The number of ketones is 1. The molecule has 0 unspecified atom stereocenters. The summed E-state index contributed by atoms with van der Waals surface area (Å²) in [4.78, 5) is 10.8. The Balaban J connectivity index is 3.70. The van der Waals surface area contributed by atoms with Crippen molar-refractivity contribution in [2.24, 2.45) is 0 Å². The zero-order chi connectivity index (χ0) is 8.91. The number of carbonyl (C=O) groups excluding carboxylic acids is 1. The van der Waals surface area contributed by atoms with Crippen molar-refractivity contribution < 1.29 is 4.79 Å². The van der Waals surface area contributed by atoms with Crippen molar-refractivity contribution >= 4 is 5.78 Å². The molecule has 1 N–H and O–H groups in total. The third kappa shape index (κ3) is 6.05. The van der Waals surface area contributed by atoms with E-state index in [0.717, 1.165) is 13.0 Å². The highest BCUT2D eigenvalue weighted by Crippen LogP contribution is 2.07. The second-order valence-corrected chi connectivity index (χ2v) is 3.69. The van der Waals surface area contributed by atoms with Crippen molar-refractivity contribution in [1.29, 1.82) is 0 Å². The highest BCUT2D eigenvalue weighted by Gasteiger charge is 2.17. The van der Waals surface area contributed by atoms with Crippen molar-refractivity contribution in [3.63, 3.8) is 0 Å². The van der Waals surface area contributed by atoms with Crippen LogP contribution in [0, 0.1) is 0 Å². The maximum Gasteiger partial charge on any atom is 0.131 e. The Hall–Kier alpha value is -0.370. The summed E-state index contributed by atoms with van der Waals surface area (Å²) in [5.74, 6) is 0.249. The van der Waals surface area contributed by atoms with Crippen molar-refractivity contribution in [2.45, 2.75) is 46.1 Å². The summed E-state index contributed by atoms with van der Waals surface area (Å²) in [6.45, 7) is 8.86. The standard InChI is InChI=1S/C9H19NO/c1-5-6-10-9(3,4)7-8(2)11/h10H,5-7H2,1-4H3. The zero-order valence-corrected chi connectivity index (χ0v) is 8.03. The predicted octanol–water partition coefficient (Wildman–Crippen LogP) is 1.74. The van der Waals surface area contributed by atoms with E-state index in [1.165, 1.54) is 0 Å². The van der Waals surface area contributed by atoms with Gasteiger partial charge in [0.2, 0.25) is 0 Å². The first kappa shape index (κ1) is 10.6. The van der Waals surface area contributed by atoms with Gasteiger partial charge in [0, 0.05) is 12.0 Å². The molecule has 2 heteroatoms. The van der Waals surface area contributed by atoms with Crippen LogP contribution in [0.3, 0.4) is 0 Å². The average Bonchev–Trinajstić information content (AvgIpc) is 1.81. The molecule has 0 aromatic carbocycles. The van der Waals surface area contributed by atoms with Crippen LogP contribution in [0.15, 0.2) is 0 Å². The number of rotatable bonds is 5. The summed E-state index contributed by atoms with van der Waals surface area (Å²) < 4.78 is 0.